The molecule has 2 aliphatic carbocycles. The normalized spacial score (nSPS) is 32.1. The summed E-state index contributed by atoms with van der Waals surface area (Å²) < 4.78 is 5.19. The van der Waals surface area contributed by atoms with E-state index in [-0.39, 0.29) is 5.41 Å². The quantitative estimate of drug-likeness (QED) is 0.873. The van der Waals surface area contributed by atoms with Crippen molar-refractivity contribution in [2.75, 3.05) is 12.8 Å². The van der Waals surface area contributed by atoms with E-state index in [0.717, 1.165) is 17.1 Å². The largest absolute Gasteiger partial charge is 0.468 e. The second-order valence-corrected chi connectivity index (χ2v) is 6.28. The zero-order valence-corrected chi connectivity index (χ0v) is 11.8. The molecule has 3 unspecified atom stereocenters. The first-order chi connectivity index (χ1) is 9.62. The summed E-state index contributed by atoms with van der Waals surface area (Å²) in [4.78, 5) is 16.3. The molecular formula is C14H19N5O. The first-order valence-corrected chi connectivity index (χ1v) is 7.20. The third-order valence-corrected chi connectivity index (χ3v) is 5.29. The number of nitrogen functional groups attached to an aromatic ring is 1. The van der Waals surface area contributed by atoms with Crippen molar-refractivity contribution in [1.29, 1.82) is 0 Å². The van der Waals surface area contributed by atoms with E-state index < -0.39 is 0 Å². The van der Waals surface area contributed by atoms with Crippen molar-refractivity contribution in [3.63, 3.8) is 0 Å². The number of nitrogens with two attached hydrogens (primary N) is 1. The van der Waals surface area contributed by atoms with Crippen LogP contribution in [0.5, 0.6) is 6.01 Å². The van der Waals surface area contributed by atoms with Crippen LogP contribution in [0.15, 0.2) is 0 Å². The summed E-state index contributed by atoms with van der Waals surface area (Å²) in [5.74, 6) is 1.77. The number of hydrogen-bond donors (Lipinski definition) is 2. The lowest BCUT2D eigenvalue weighted by atomic mass is 9.73. The van der Waals surface area contributed by atoms with E-state index in [4.69, 9.17) is 10.5 Å². The molecule has 2 aliphatic rings. The number of ether oxygens (including phenoxy) is 1. The molecule has 0 spiro atoms. The van der Waals surface area contributed by atoms with Crippen LogP contribution >= 0.6 is 0 Å². The molecule has 0 radical (unpaired) electrons. The Hall–Kier alpha value is -1.85. The number of methoxy groups -OCH3 is 1. The molecule has 2 heterocycles. The van der Waals surface area contributed by atoms with E-state index in [1.807, 2.05) is 0 Å². The van der Waals surface area contributed by atoms with Gasteiger partial charge >= 0.3 is 0 Å². The van der Waals surface area contributed by atoms with Crippen LogP contribution in [-0.2, 0) is 5.41 Å². The summed E-state index contributed by atoms with van der Waals surface area (Å²) in [5.41, 5.74) is 8.59. The van der Waals surface area contributed by atoms with Gasteiger partial charge in [0.25, 0.3) is 6.01 Å². The van der Waals surface area contributed by atoms with Gasteiger partial charge in [-0.05, 0) is 37.5 Å². The molecule has 0 aromatic carbocycles. The third kappa shape index (κ3) is 1.42. The molecule has 0 aliphatic heterocycles. The summed E-state index contributed by atoms with van der Waals surface area (Å²) in [6, 6.07) is 0.470. The summed E-state index contributed by atoms with van der Waals surface area (Å²) in [7, 11) is 1.59. The number of fused-ring (bicyclic) bond motifs is 3. The minimum atomic E-state index is 0.136. The van der Waals surface area contributed by atoms with Gasteiger partial charge in [-0.1, -0.05) is 6.92 Å². The van der Waals surface area contributed by atoms with E-state index in [9.17, 15) is 0 Å². The Kier molecular flexibility index (Phi) is 2.29. The van der Waals surface area contributed by atoms with Gasteiger partial charge < -0.3 is 15.5 Å². The molecule has 3 N–H and O–H groups in total. The van der Waals surface area contributed by atoms with Gasteiger partial charge in [0.2, 0.25) is 5.95 Å². The first-order valence-electron chi connectivity index (χ1n) is 7.20. The fourth-order valence-corrected chi connectivity index (χ4v) is 4.35. The number of aromatic amines is 1. The lowest BCUT2D eigenvalue weighted by Gasteiger charge is -2.32. The molecule has 4 rings (SSSR count). The van der Waals surface area contributed by atoms with Gasteiger partial charge in [-0.15, -0.1) is 0 Å². The van der Waals surface area contributed by atoms with Crippen LogP contribution in [0.3, 0.4) is 0 Å². The minimum Gasteiger partial charge on any atom is -0.468 e. The van der Waals surface area contributed by atoms with E-state index in [1.165, 1.54) is 25.7 Å². The number of hydrogen-bond acceptors (Lipinski definition) is 5. The smallest absolute Gasteiger partial charge is 0.295 e. The van der Waals surface area contributed by atoms with Crippen molar-refractivity contribution >= 4 is 17.1 Å². The molecule has 2 saturated carbocycles. The van der Waals surface area contributed by atoms with Crippen molar-refractivity contribution < 1.29 is 4.74 Å². The van der Waals surface area contributed by atoms with E-state index >= 15 is 0 Å². The molecule has 2 aromatic heterocycles. The number of nitrogens with one attached hydrogen (secondary N) is 1. The molecule has 2 fully saturated rings. The van der Waals surface area contributed by atoms with Gasteiger partial charge in [-0.2, -0.15) is 9.97 Å². The zero-order chi connectivity index (χ0) is 13.9. The minimum absolute atomic E-state index is 0.136. The van der Waals surface area contributed by atoms with Gasteiger partial charge in [0.1, 0.15) is 5.52 Å². The molecule has 6 nitrogen and oxygen atoms in total. The Morgan fingerprint density at radius 1 is 1.35 bits per heavy atom. The van der Waals surface area contributed by atoms with Crippen molar-refractivity contribution in [2.45, 2.75) is 38.0 Å². The topological polar surface area (TPSA) is 89.7 Å². The Morgan fingerprint density at radius 3 is 2.85 bits per heavy atom. The molecule has 6 heteroatoms. The highest BCUT2D eigenvalue weighted by atomic mass is 16.5. The highest BCUT2D eigenvalue weighted by molar-refractivity contribution is 5.76. The van der Waals surface area contributed by atoms with Crippen molar-refractivity contribution in [1.82, 2.24) is 19.9 Å². The summed E-state index contributed by atoms with van der Waals surface area (Å²) in [6.07, 6.45) is 4.98. The number of imidazole rings is 1. The average Bonchev–Trinajstić information content (AvgIpc) is 3.09. The van der Waals surface area contributed by atoms with Crippen LogP contribution in [0.2, 0.25) is 0 Å². The lowest BCUT2D eigenvalue weighted by molar-refractivity contribution is 0.298. The van der Waals surface area contributed by atoms with Gasteiger partial charge in [-0.3, -0.25) is 0 Å². The fourth-order valence-electron chi connectivity index (χ4n) is 4.35. The number of nitrogens with zero attached hydrogens (tertiary/aromatic N) is 3. The van der Waals surface area contributed by atoms with Crippen LogP contribution in [0.4, 0.5) is 5.95 Å². The monoisotopic (exact) mass is 273 g/mol. The molecule has 2 bridgehead atoms. The van der Waals surface area contributed by atoms with E-state index in [0.29, 0.717) is 23.5 Å². The van der Waals surface area contributed by atoms with Crippen molar-refractivity contribution in [3.05, 3.63) is 5.69 Å². The maximum absolute atomic E-state index is 5.90. The summed E-state index contributed by atoms with van der Waals surface area (Å²) in [6.45, 7) is 2.33. The first kappa shape index (κ1) is 11.9. The Morgan fingerprint density at radius 2 is 2.20 bits per heavy atom. The van der Waals surface area contributed by atoms with Crippen LogP contribution in [0.1, 0.15) is 38.3 Å². The predicted octanol–water partition coefficient (Wildman–Crippen LogP) is 2.02. The summed E-state index contributed by atoms with van der Waals surface area (Å²) in [5, 5.41) is 0. The number of aromatic nitrogens is 4. The molecule has 0 saturated heterocycles. The molecule has 3 atom stereocenters. The van der Waals surface area contributed by atoms with Crippen molar-refractivity contribution in [2.24, 2.45) is 11.8 Å². The van der Waals surface area contributed by atoms with E-state index in [1.54, 1.807) is 7.11 Å². The third-order valence-electron chi connectivity index (χ3n) is 5.29. The lowest BCUT2D eigenvalue weighted by Crippen LogP contribution is -2.30. The second-order valence-electron chi connectivity index (χ2n) is 6.28. The Labute approximate surface area is 117 Å². The number of H-pyrrole nitrogens is 1. The average molecular weight is 273 g/mol. The fraction of sp³-hybridized carbons (Fsp3) is 0.643. The van der Waals surface area contributed by atoms with Gasteiger partial charge in [-0.25, -0.2) is 4.98 Å². The Bertz CT molecular complexity index is 681. The number of rotatable bonds is 2. The van der Waals surface area contributed by atoms with Crippen LogP contribution in [0, 0.1) is 11.8 Å². The number of anilines is 1. The molecular weight excluding hydrogens is 254 g/mol. The highest BCUT2D eigenvalue weighted by Gasteiger charge is 2.53. The van der Waals surface area contributed by atoms with Crippen LogP contribution in [-0.4, -0.2) is 27.0 Å². The maximum Gasteiger partial charge on any atom is 0.295 e. The SMILES string of the molecule is COc1nc2nc(N)nc(C34CCC(CC3C)C4)c2[nH]1. The second kappa shape index (κ2) is 3.84. The van der Waals surface area contributed by atoms with Crippen molar-refractivity contribution in [3.8, 4) is 6.01 Å². The predicted molar refractivity (Wildman–Crippen MR) is 75.4 cm³/mol. The highest BCUT2D eigenvalue weighted by Crippen LogP contribution is 2.58. The van der Waals surface area contributed by atoms with E-state index in [2.05, 4.69) is 26.9 Å². The van der Waals surface area contributed by atoms with Gasteiger partial charge in [0.15, 0.2) is 5.65 Å². The van der Waals surface area contributed by atoms with Crippen LogP contribution in [0.25, 0.3) is 11.2 Å². The summed E-state index contributed by atoms with van der Waals surface area (Å²) >= 11 is 0. The van der Waals surface area contributed by atoms with Gasteiger partial charge in [0, 0.05) is 5.41 Å². The standard InChI is InChI=1S/C14H19N5O/c1-7-5-8-3-4-14(7,6-8)10-9-11(18-12(15)17-10)19-13(16-9)20-2/h7-8H,3-6H2,1-2H3,(H3,15,16,17,18,19). The Balaban J connectivity index is 1.97. The molecule has 106 valence electrons. The van der Waals surface area contributed by atoms with Gasteiger partial charge in [0.05, 0.1) is 12.8 Å². The molecule has 0 amide bonds. The molecule has 2 aromatic rings. The maximum atomic E-state index is 5.90. The van der Waals surface area contributed by atoms with Crippen LogP contribution < -0.4 is 10.5 Å². The zero-order valence-electron chi connectivity index (χ0n) is 11.8. The molecule has 20 heavy (non-hydrogen) atoms.